The number of ether oxygens (including phenoxy) is 2. The van der Waals surface area contributed by atoms with E-state index in [2.05, 4.69) is 0 Å². The Bertz CT molecular complexity index is 517. The number of aldehydes is 1. The number of hydrogen-bond acceptors (Lipinski definition) is 5. The average molecular weight is 318 g/mol. The molecule has 2 rings (SSSR count). The molecule has 0 N–H and O–H groups in total. The summed E-state index contributed by atoms with van der Waals surface area (Å²) >= 11 is 0. The van der Waals surface area contributed by atoms with Crippen molar-refractivity contribution in [2.24, 2.45) is 0 Å². The van der Waals surface area contributed by atoms with Crippen molar-refractivity contribution in [1.82, 2.24) is 0 Å². The Kier molecular flexibility index (Phi) is 6.94. The third-order valence-electron chi connectivity index (χ3n) is 3.78. The van der Waals surface area contributed by atoms with Gasteiger partial charge in [-0.05, 0) is 12.0 Å². The maximum atomic E-state index is 12.0. The largest absolute Gasteiger partial charge is 0.462 e. The van der Waals surface area contributed by atoms with E-state index in [9.17, 15) is 14.4 Å². The lowest BCUT2D eigenvalue weighted by Gasteiger charge is -2.29. The first kappa shape index (κ1) is 17.3. The van der Waals surface area contributed by atoms with E-state index >= 15 is 0 Å². The zero-order valence-electron chi connectivity index (χ0n) is 13.1. The molecule has 0 bridgehead atoms. The van der Waals surface area contributed by atoms with Crippen LogP contribution >= 0.6 is 0 Å². The second-order valence-electron chi connectivity index (χ2n) is 5.77. The SMILES string of the molecule is O=CCCCC(=O)C[C@@H](C[C@@H]1CC(=O)O1)OCc1ccccc1. The van der Waals surface area contributed by atoms with Crippen molar-refractivity contribution in [3.05, 3.63) is 35.9 Å². The molecule has 0 aliphatic carbocycles. The maximum absolute atomic E-state index is 12.0. The van der Waals surface area contributed by atoms with Gasteiger partial charge in [-0.2, -0.15) is 0 Å². The predicted molar refractivity (Wildman–Crippen MR) is 83.7 cm³/mol. The number of Topliss-reactive ketones (excluding diaryl/α,β-unsaturated/α-hetero) is 1. The fourth-order valence-corrected chi connectivity index (χ4v) is 2.52. The van der Waals surface area contributed by atoms with Crippen LogP contribution < -0.4 is 0 Å². The Morgan fingerprint density at radius 1 is 1.35 bits per heavy atom. The van der Waals surface area contributed by atoms with E-state index in [1.165, 1.54) is 0 Å². The molecule has 5 heteroatoms. The Morgan fingerprint density at radius 3 is 2.74 bits per heavy atom. The zero-order chi connectivity index (χ0) is 16.5. The van der Waals surface area contributed by atoms with Crippen LogP contribution in [0.3, 0.4) is 0 Å². The number of carbonyl (C=O) groups excluding carboxylic acids is 3. The normalized spacial score (nSPS) is 17.9. The fraction of sp³-hybridized carbons (Fsp3) is 0.500. The predicted octanol–water partition coefficient (Wildman–Crippen LogP) is 2.61. The summed E-state index contributed by atoms with van der Waals surface area (Å²) in [4.78, 5) is 33.2. The Hall–Kier alpha value is -2.01. The highest BCUT2D eigenvalue weighted by Crippen LogP contribution is 2.22. The molecule has 2 atom stereocenters. The van der Waals surface area contributed by atoms with Crippen molar-refractivity contribution < 1.29 is 23.9 Å². The highest BCUT2D eigenvalue weighted by Gasteiger charge is 2.31. The van der Waals surface area contributed by atoms with E-state index in [1.807, 2.05) is 30.3 Å². The van der Waals surface area contributed by atoms with Crippen molar-refractivity contribution in [1.29, 1.82) is 0 Å². The van der Waals surface area contributed by atoms with Gasteiger partial charge in [0.1, 0.15) is 18.2 Å². The molecule has 1 aliphatic rings. The molecular formula is C18H22O5. The lowest BCUT2D eigenvalue weighted by Crippen LogP contribution is -2.36. The summed E-state index contributed by atoms with van der Waals surface area (Å²) in [6.45, 7) is 0.424. The molecule has 5 nitrogen and oxygen atoms in total. The molecule has 1 saturated heterocycles. The minimum atomic E-state index is -0.267. The monoisotopic (exact) mass is 318 g/mol. The van der Waals surface area contributed by atoms with Crippen LogP contribution in [0.4, 0.5) is 0 Å². The van der Waals surface area contributed by atoms with Gasteiger partial charge in [0, 0.05) is 25.7 Å². The molecule has 0 spiro atoms. The van der Waals surface area contributed by atoms with Crippen molar-refractivity contribution in [2.45, 2.75) is 57.3 Å². The number of cyclic esters (lactones) is 1. The topological polar surface area (TPSA) is 69.7 Å². The van der Waals surface area contributed by atoms with Gasteiger partial charge in [0.05, 0.1) is 19.1 Å². The van der Waals surface area contributed by atoms with Crippen LogP contribution in [-0.4, -0.2) is 30.2 Å². The molecule has 1 aromatic rings. The fourth-order valence-electron chi connectivity index (χ4n) is 2.52. The van der Waals surface area contributed by atoms with Crippen molar-refractivity contribution in [2.75, 3.05) is 0 Å². The van der Waals surface area contributed by atoms with Gasteiger partial charge in [0.2, 0.25) is 0 Å². The van der Waals surface area contributed by atoms with Gasteiger partial charge in [-0.25, -0.2) is 0 Å². The van der Waals surface area contributed by atoms with E-state index < -0.39 is 0 Å². The van der Waals surface area contributed by atoms with Crippen LogP contribution in [0, 0.1) is 0 Å². The number of ketones is 1. The first-order chi connectivity index (χ1) is 11.2. The summed E-state index contributed by atoms with van der Waals surface area (Å²) in [6.07, 6.45) is 3.00. The molecule has 0 aromatic heterocycles. The standard InChI is InChI=1S/C18H22O5/c19-9-5-4-8-15(20)10-16(11-17-12-18(21)23-17)22-13-14-6-2-1-3-7-14/h1-3,6-7,9,16-17H,4-5,8,10-13H2/t16-,17+/m0/s1. The maximum Gasteiger partial charge on any atom is 0.309 e. The van der Waals surface area contributed by atoms with Gasteiger partial charge in [0.25, 0.3) is 0 Å². The first-order valence-electron chi connectivity index (χ1n) is 7.97. The Labute approximate surface area is 136 Å². The summed E-state index contributed by atoms with van der Waals surface area (Å²) in [5.41, 5.74) is 1.04. The Balaban J connectivity index is 1.82. The zero-order valence-corrected chi connectivity index (χ0v) is 13.1. The van der Waals surface area contributed by atoms with Crippen LogP contribution in [0.15, 0.2) is 30.3 Å². The second kappa shape index (κ2) is 9.20. The van der Waals surface area contributed by atoms with Gasteiger partial charge in [-0.15, -0.1) is 0 Å². The number of esters is 1. The van der Waals surface area contributed by atoms with Crippen molar-refractivity contribution in [3.8, 4) is 0 Å². The molecule has 124 valence electrons. The number of hydrogen-bond donors (Lipinski definition) is 0. The van der Waals surface area contributed by atoms with E-state index in [4.69, 9.17) is 9.47 Å². The van der Waals surface area contributed by atoms with Crippen molar-refractivity contribution in [3.63, 3.8) is 0 Å². The van der Waals surface area contributed by atoms with Crippen molar-refractivity contribution >= 4 is 18.0 Å². The van der Waals surface area contributed by atoms with Crippen LogP contribution in [-0.2, 0) is 30.5 Å². The van der Waals surface area contributed by atoms with Gasteiger partial charge in [0.15, 0.2) is 0 Å². The lowest BCUT2D eigenvalue weighted by molar-refractivity contribution is -0.173. The summed E-state index contributed by atoms with van der Waals surface area (Å²) in [5.74, 6) is -0.121. The third kappa shape index (κ3) is 6.32. The van der Waals surface area contributed by atoms with Crippen LogP contribution in [0.1, 0.15) is 44.1 Å². The molecule has 0 saturated carbocycles. The minimum Gasteiger partial charge on any atom is -0.462 e. The molecule has 1 heterocycles. The van der Waals surface area contributed by atoms with Gasteiger partial charge in [-0.1, -0.05) is 30.3 Å². The summed E-state index contributed by atoms with van der Waals surface area (Å²) < 4.78 is 10.9. The van der Waals surface area contributed by atoms with E-state index in [0.717, 1.165) is 11.8 Å². The van der Waals surface area contributed by atoms with E-state index in [1.54, 1.807) is 0 Å². The third-order valence-corrected chi connectivity index (χ3v) is 3.78. The minimum absolute atomic E-state index is 0.0792. The van der Waals surface area contributed by atoms with Gasteiger partial charge < -0.3 is 14.3 Å². The van der Waals surface area contributed by atoms with Gasteiger partial charge >= 0.3 is 5.97 Å². The molecule has 0 amide bonds. The number of benzene rings is 1. The van der Waals surface area contributed by atoms with Crippen LogP contribution in [0.2, 0.25) is 0 Å². The van der Waals surface area contributed by atoms with E-state index in [0.29, 0.717) is 45.1 Å². The summed E-state index contributed by atoms with van der Waals surface area (Å²) in [7, 11) is 0. The molecule has 23 heavy (non-hydrogen) atoms. The molecule has 1 aliphatic heterocycles. The quantitative estimate of drug-likeness (QED) is 0.356. The smallest absolute Gasteiger partial charge is 0.309 e. The number of unbranched alkanes of at least 4 members (excludes halogenated alkanes) is 1. The highest BCUT2D eigenvalue weighted by molar-refractivity contribution is 5.79. The summed E-state index contributed by atoms with van der Waals surface area (Å²) in [6, 6.07) is 9.74. The average Bonchev–Trinajstić information content (AvgIpc) is 2.52. The molecule has 1 fully saturated rings. The van der Waals surface area contributed by atoms with Gasteiger partial charge in [-0.3, -0.25) is 9.59 Å². The number of rotatable bonds is 11. The Morgan fingerprint density at radius 2 is 2.09 bits per heavy atom. The van der Waals surface area contributed by atoms with Crippen LogP contribution in [0.5, 0.6) is 0 Å². The highest BCUT2D eigenvalue weighted by atomic mass is 16.6. The first-order valence-corrected chi connectivity index (χ1v) is 7.97. The second-order valence-corrected chi connectivity index (χ2v) is 5.77. The van der Waals surface area contributed by atoms with E-state index in [-0.39, 0.29) is 24.0 Å². The lowest BCUT2D eigenvalue weighted by atomic mass is 9.99. The molecular weight excluding hydrogens is 296 g/mol. The molecule has 0 unspecified atom stereocenters. The molecule has 0 radical (unpaired) electrons. The number of carbonyl (C=O) groups is 3. The van der Waals surface area contributed by atoms with Crippen LogP contribution in [0.25, 0.3) is 0 Å². The summed E-state index contributed by atoms with van der Waals surface area (Å²) in [5, 5.41) is 0. The molecule has 1 aromatic carbocycles.